The van der Waals surface area contributed by atoms with Crippen LogP contribution in [0, 0.1) is 0 Å². The summed E-state index contributed by atoms with van der Waals surface area (Å²) < 4.78 is 28.6. The van der Waals surface area contributed by atoms with Crippen molar-refractivity contribution in [2.24, 2.45) is 0 Å². The van der Waals surface area contributed by atoms with Gasteiger partial charge in [-0.05, 0) is 0 Å². The number of thioether (sulfide) groups is 1. The van der Waals surface area contributed by atoms with Crippen LogP contribution in [0.15, 0.2) is 30.3 Å². The summed E-state index contributed by atoms with van der Waals surface area (Å²) in [5.74, 6) is -0.472. The normalized spacial score (nSPS) is 34.0. The molecule has 2 aliphatic rings. The van der Waals surface area contributed by atoms with E-state index in [0.717, 1.165) is 17.3 Å². The lowest BCUT2D eigenvalue weighted by atomic mass is 10.00. The second-order valence-corrected chi connectivity index (χ2v) is 7.46. The molecule has 0 radical (unpaired) electrons. The minimum Gasteiger partial charge on any atom is -0.456 e. The van der Waals surface area contributed by atoms with E-state index >= 15 is 0 Å². The summed E-state index contributed by atoms with van der Waals surface area (Å²) in [6.07, 6.45) is -3.05. The van der Waals surface area contributed by atoms with Crippen LogP contribution in [0.3, 0.4) is 0 Å². The Morgan fingerprint density at radius 2 is 1.88 bits per heavy atom. The number of esters is 1. The fourth-order valence-corrected chi connectivity index (χ4v) is 4.23. The van der Waals surface area contributed by atoms with Crippen molar-refractivity contribution >= 4 is 22.8 Å². The number of methoxy groups -OCH3 is 1. The van der Waals surface area contributed by atoms with E-state index in [0.29, 0.717) is 0 Å². The topological polar surface area (TPSA) is 80.3 Å². The summed E-state index contributed by atoms with van der Waals surface area (Å²) in [4.78, 5) is 23.4. The molecule has 2 fully saturated rings. The zero-order chi connectivity index (χ0) is 18.7. The standard InChI is InChI=1S/C18H22O7S/c1-10(19)23-15-16(26-11(2)20)14-13(24-18(15)21-3)9-22-17(25-14)12-7-5-4-6-8-12/h4-8,13-18H,9H2,1-3H3/t13-,14-,15-,16-,17-,18-/m1/s1. The predicted octanol–water partition coefficient (Wildman–Crippen LogP) is 2.05. The first-order valence-electron chi connectivity index (χ1n) is 8.34. The first-order chi connectivity index (χ1) is 12.5. The third-order valence-electron chi connectivity index (χ3n) is 4.19. The summed E-state index contributed by atoms with van der Waals surface area (Å²) >= 11 is 1.07. The van der Waals surface area contributed by atoms with Crippen molar-refractivity contribution in [1.29, 1.82) is 0 Å². The van der Waals surface area contributed by atoms with Crippen LogP contribution in [0.5, 0.6) is 0 Å². The quantitative estimate of drug-likeness (QED) is 0.732. The molecule has 3 rings (SSSR count). The average molecular weight is 382 g/mol. The molecule has 2 heterocycles. The molecule has 0 amide bonds. The summed E-state index contributed by atoms with van der Waals surface area (Å²) in [6, 6.07) is 9.52. The molecular weight excluding hydrogens is 360 g/mol. The molecule has 2 aliphatic heterocycles. The Kier molecular flexibility index (Phi) is 6.31. The highest BCUT2D eigenvalue weighted by Gasteiger charge is 2.52. The zero-order valence-corrected chi connectivity index (χ0v) is 15.6. The molecule has 7 nitrogen and oxygen atoms in total. The molecule has 0 aliphatic carbocycles. The molecule has 26 heavy (non-hydrogen) atoms. The zero-order valence-electron chi connectivity index (χ0n) is 14.8. The highest BCUT2D eigenvalue weighted by Crippen LogP contribution is 2.40. The molecule has 0 bridgehead atoms. The monoisotopic (exact) mass is 382 g/mol. The lowest BCUT2D eigenvalue weighted by molar-refractivity contribution is -0.331. The van der Waals surface area contributed by atoms with Crippen LogP contribution in [0.25, 0.3) is 0 Å². The summed E-state index contributed by atoms with van der Waals surface area (Å²) in [7, 11) is 1.47. The number of carbonyl (C=O) groups excluding carboxylic acids is 2. The predicted molar refractivity (Wildman–Crippen MR) is 93.3 cm³/mol. The maximum Gasteiger partial charge on any atom is 0.303 e. The van der Waals surface area contributed by atoms with E-state index in [1.807, 2.05) is 30.3 Å². The van der Waals surface area contributed by atoms with Crippen molar-refractivity contribution in [2.75, 3.05) is 13.7 Å². The summed E-state index contributed by atoms with van der Waals surface area (Å²) in [5, 5.41) is -0.566. The van der Waals surface area contributed by atoms with Gasteiger partial charge in [-0.25, -0.2) is 0 Å². The van der Waals surface area contributed by atoms with E-state index in [1.165, 1.54) is 21.0 Å². The van der Waals surface area contributed by atoms with Crippen LogP contribution >= 0.6 is 11.8 Å². The van der Waals surface area contributed by atoms with Crippen LogP contribution in [0.4, 0.5) is 0 Å². The van der Waals surface area contributed by atoms with E-state index in [9.17, 15) is 9.59 Å². The summed E-state index contributed by atoms with van der Waals surface area (Å²) in [5.41, 5.74) is 0.871. The molecule has 1 aromatic rings. The largest absolute Gasteiger partial charge is 0.456 e. The van der Waals surface area contributed by atoms with Crippen LogP contribution in [-0.2, 0) is 33.3 Å². The highest BCUT2D eigenvalue weighted by molar-refractivity contribution is 8.14. The van der Waals surface area contributed by atoms with Gasteiger partial charge in [-0.15, -0.1) is 0 Å². The van der Waals surface area contributed by atoms with Gasteiger partial charge in [0.05, 0.1) is 11.9 Å². The fraction of sp³-hybridized carbons (Fsp3) is 0.556. The molecule has 0 spiro atoms. The van der Waals surface area contributed by atoms with Crippen molar-refractivity contribution in [3.05, 3.63) is 35.9 Å². The first-order valence-corrected chi connectivity index (χ1v) is 9.22. The van der Waals surface area contributed by atoms with Gasteiger partial charge in [0.25, 0.3) is 0 Å². The van der Waals surface area contributed by atoms with Gasteiger partial charge in [-0.3, -0.25) is 9.59 Å². The van der Waals surface area contributed by atoms with E-state index in [2.05, 4.69) is 0 Å². The van der Waals surface area contributed by atoms with Gasteiger partial charge >= 0.3 is 5.97 Å². The molecule has 0 unspecified atom stereocenters. The second kappa shape index (κ2) is 8.49. The Morgan fingerprint density at radius 3 is 2.50 bits per heavy atom. The lowest BCUT2D eigenvalue weighted by Crippen LogP contribution is -2.62. The highest BCUT2D eigenvalue weighted by atomic mass is 32.2. The molecule has 2 saturated heterocycles. The average Bonchev–Trinajstić information content (AvgIpc) is 2.63. The number of fused-ring (bicyclic) bond motifs is 1. The second-order valence-electron chi connectivity index (χ2n) is 6.10. The first kappa shape index (κ1) is 19.3. The Balaban J connectivity index is 1.86. The van der Waals surface area contributed by atoms with Gasteiger partial charge in [-0.2, -0.15) is 0 Å². The minimum atomic E-state index is -0.794. The third kappa shape index (κ3) is 4.27. The number of rotatable bonds is 4. The molecule has 0 N–H and O–H groups in total. The number of hydrogen-bond donors (Lipinski definition) is 0. The van der Waals surface area contributed by atoms with Gasteiger partial charge in [-0.1, -0.05) is 42.1 Å². The molecule has 142 valence electrons. The molecule has 0 aromatic heterocycles. The minimum absolute atomic E-state index is 0.103. The maximum absolute atomic E-state index is 11.8. The van der Waals surface area contributed by atoms with Gasteiger partial charge in [0.1, 0.15) is 12.2 Å². The van der Waals surface area contributed by atoms with Crippen molar-refractivity contribution in [3.8, 4) is 0 Å². The SMILES string of the molecule is CO[C@@H]1O[C@@H]2CO[C@@H](c3ccccc3)O[C@H]2[C@@H](SC(C)=O)[C@H]1OC(C)=O. The van der Waals surface area contributed by atoms with E-state index in [-0.39, 0.29) is 11.7 Å². The van der Waals surface area contributed by atoms with Gasteiger partial charge in [0.15, 0.2) is 23.8 Å². The molecule has 1 aromatic carbocycles. The van der Waals surface area contributed by atoms with E-state index in [4.69, 9.17) is 23.7 Å². The number of benzene rings is 1. The van der Waals surface area contributed by atoms with Crippen molar-refractivity contribution in [2.45, 2.75) is 50.0 Å². The van der Waals surface area contributed by atoms with Crippen molar-refractivity contribution in [1.82, 2.24) is 0 Å². The van der Waals surface area contributed by atoms with Crippen LogP contribution in [0.1, 0.15) is 25.7 Å². The number of hydrogen-bond acceptors (Lipinski definition) is 8. The van der Waals surface area contributed by atoms with E-state index < -0.39 is 42.1 Å². The molecular formula is C18H22O7S. The van der Waals surface area contributed by atoms with Gasteiger partial charge < -0.3 is 23.7 Å². The molecule has 6 atom stereocenters. The van der Waals surface area contributed by atoms with E-state index in [1.54, 1.807) is 0 Å². The molecule has 0 saturated carbocycles. The Bertz CT molecular complexity index is 638. The van der Waals surface area contributed by atoms with Crippen LogP contribution in [-0.4, -0.2) is 54.7 Å². The Labute approximate surface area is 156 Å². The van der Waals surface area contributed by atoms with Crippen LogP contribution < -0.4 is 0 Å². The summed E-state index contributed by atoms with van der Waals surface area (Å²) in [6.45, 7) is 3.06. The maximum atomic E-state index is 11.8. The van der Waals surface area contributed by atoms with Crippen molar-refractivity contribution < 1.29 is 33.3 Å². The number of ether oxygens (including phenoxy) is 5. The van der Waals surface area contributed by atoms with Gasteiger partial charge in [0, 0.05) is 26.5 Å². The fourth-order valence-electron chi connectivity index (χ4n) is 3.16. The van der Waals surface area contributed by atoms with Crippen LogP contribution in [0.2, 0.25) is 0 Å². The smallest absolute Gasteiger partial charge is 0.303 e. The Morgan fingerprint density at radius 1 is 1.15 bits per heavy atom. The van der Waals surface area contributed by atoms with Gasteiger partial charge in [0.2, 0.25) is 0 Å². The number of carbonyl (C=O) groups is 2. The molecule has 8 heteroatoms. The third-order valence-corrected chi connectivity index (χ3v) is 5.33. The Hall–Kier alpha value is -1.45. The van der Waals surface area contributed by atoms with Crippen molar-refractivity contribution in [3.63, 3.8) is 0 Å². The lowest BCUT2D eigenvalue weighted by Gasteiger charge is -2.48.